The van der Waals surface area contributed by atoms with E-state index >= 15 is 0 Å². The number of rotatable bonds is 5. The van der Waals surface area contributed by atoms with Gasteiger partial charge in [-0.25, -0.2) is 4.39 Å². The van der Waals surface area contributed by atoms with Crippen molar-refractivity contribution in [3.8, 4) is 11.5 Å². The number of hydrogen-bond donors (Lipinski definition) is 1. The van der Waals surface area contributed by atoms with E-state index in [9.17, 15) is 9.18 Å². The number of ether oxygens (including phenoxy) is 2. The van der Waals surface area contributed by atoms with E-state index in [1.807, 2.05) is 0 Å². The summed E-state index contributed by atoms with van der Waals surface area (Å²) >= 11 is 0. The second kappa shape index (κ2) is 5.34. The molecule has 0 saturated heterocycles. The van der Waals surface area contributed by atoms with Gasteiger partial charge in [0, 0.05) is 12.5 Å². The van der Waals surface area contributed by atoms with Crippen LogP contribution in [0.3, 0.4) is 0 Å². The Labute approximate surface area is 92.6 Å². The molecule has 1 N–H and O–H groups in total. The van der Waals surface area contributed by atoms with Crippen molar-refractivity contribution in [1.29, 1.82) is 0 Å². The maximum absolute atomic E-state index is 13.7. The van der Waals surface area contributed by atoms with Crippen molar-refractivity contribution in [2.45, 2.75) is 12.8 Å². The van der Waals surface area contributed by atoms with Gasteiger partial charge < -0.3 is 14.6 Å². The molecule has 0 saturated carbocycles. The molecule has 0 aliphatic carbocycles. The second-order valence-electron chi connectivity index (χ2n) is 3.20. The van der Waals surface area contributed by atoms with Crippen molar-refractivity contribution in [1.82, 2.24) is 0 Å². The van der Waals surface area contributed by atoms with Crippen LogP contribution in [-0.2, 0) is 11.2 Å². The third-order valence-electron chi connectivity index (χ3n) is 2.15. The molecule has 0 amide bonds. The molecule has 4 nitrogen and oxygen atoms in total. The average Bonchev–Trinajstić information content (AvgIpc) is 2.27. The number of halogens is 1. The van der Waals surface area contributed by atoms with Crippen molar-refractivity contribution < 1.29 is 23.8 Å². The largest absolute Gasteiger partial charge is 0.497 e. The highest BCUT2D eigenvalue weighted by Crippen LogP contribution is 2.27. The van der Waals surface area contributed by atoms with Crippen LogP contribution < -0.4 is 9.47 Å². The third kappa shape index (κ3) is 2.85. The molecular weight excluding hydrogens is 215 g/mol. The Morgan fingerprint density at radius 3 is 2.56 bits per heavy atom. The van der Waals surface area contributed by atoms with Gasteiger partial charge in [0.2, 0.25) is 0 Å². The minimum absolute atomic E-state index is 0.0553. The Balaban J connectivity index is 3.01. The Hall–Kier alpha value is -1.78. The molecule has 0 heterocycles. The van der Waals surface area contributed by atoms with Gasteiger partial charge in [0.05, 0.1) is 14.2 Å². The molecule has 1 aromatic carbocycles. The average molecular weight is 228 g/mol. The SMILES string of the molecule is COc1cc(CCC(=O)O)c(F)c(OC)c1. The van der Waals surface area contributed by atoms with Crippen LogP contribution in [0.4, 0.5) is 4.39 Å². The van der Waals surface area contributed by atoms with E-state index in [1.54, 1.807) is 0 Å². The minimum atomic E-state index is -0.971. The molecule has 0 aromatic heterocycles. The van der Waals surface area contributed by atoms with Crippen LogP contribution in [-0.4, -0.2) is 25.3 Å². The fraction of sp³-hybridized carbons (Fsp3) is 0.364. The maximum atomic E-state index is 13.7. The zero-order chi connectivity index (χ0) is 12.1. The summed E-state index contributed by atoms with van der Waals surface area (Å²) in [6.07, 6.45) is -0.0258. The van der Waals surface area contributed by atoms with Gasteiger partial charge in [-0.1, -0.05) is 0 Å². The lowest BCUT2D eigenvalue weighted by Gasteiger charge is -2.09. The standard InChI is InChI=1S/C11H13FO4/c1-15-8-5-7(3-4-10(13)14)11(12)9(6-8)16-2/h5-6H,3-4H2,1-2H3,(H,13,14). The number of benzene rings is 1. The molecule has 16 heavy (non-hydrogen) atoms. The summed E-state index contributed by atoms with van der Waals surface area (Å²) in [5.41, 5.74) is 0.276. The highest BCUT2D eigenvalue weighted by molar-refractivity contribution is 5.67. The van der Waals surface area contributed by atoms with Crippen LogP contribution in [0.2, 0.25) is 0 Å². The Morgan fingerprint density at radius 2 is 2.06 bits per heavy atom. The normalized spacial score (nSPS) is 9.94. The fourth-order valence-corrected chi connectivity index (χ4v) is 1.32. The first-order valence-electron chi connectivity index (χ1n) is 4.70. The number of hydrogen-bond acceptors (Lipinski definition) is 3. The molecule has 0 fully saturated rings. The van der Waals surface area contributed by atoms with Gasteiger partial charge in [-0.05, 0) is 18.1 Å². The van der Waals surface area contributed by atoms with E-state index in [0.29, 0.717) is 5.75 Å². The summed E-state index contributed by atoms with van der Waals surface area (Å²) in [4.78, 5) is 10.4. The van der Waals surface area contributed by atoms with Crippen LogP contribution in [0.25, 0.3) is 0 Å². The van der Waals surface area contributed by atoms with Gasteiger partial charge in [0.15, 0.2) is 11.6 Å². The van der Waals surface area contributed by atoms with Crippen molar-refractivity contribution >= 4 is 5.97 Å². The quantitative estimate of drug-likeness (QED) is 0.835. The number of aliphatic carboxylic acids is 1. The summed E-state index contributed by atoms with van der Waals surface area (Å²) in [6, 6.07) is 2.89. The summed E-state index contributed by atoms with van der Waals surface area (Å²) in [5, 5.41) is 8.53. The Kier molecular flexibility index (Phi) is 4.10. The zero-order valence-electron chi connectivity index (χ0n) is 9.12. The van der Waals surface area contributed by atoms with Crippen LogP contribution in [0.1, 0.15) is 12.0 Å². The molecule has 1 aromatic rings. The van der Waals surface area contributed by atoms with Gasteiger partial charge in [0.1, 0.15) is 5.75 Å². The highest BCUT2D eigenvalue weighted by Gasteiger charge is 2.12. The number of carboxylic acids is 1. The molecule has 1 rings (SSSR count). The van der Waals surface area contributed by atoms with Crippen molar-refractivity contribution in [3.63, 3.8) is 0 Å². The topological polar surface area (TPSA) is 55.8 Å². The lowest BCUT2D eigenvalue weighted by Crippen LogP contribution is -2.01. The molecule has 0 bridgehead atoms. The maximum Gasteiger partial charge on any atom is 0.303 e. The number of aryl methyl sites for hydroxylation is 1. The summed E-state index contributed by atoms with van der Waals surface area (Å²) in [7, 11) is 2.80. The third-order valence-corrected chi connectivity index (χ3v) is 2.15. The molecule has 0 aliphatic rings. The zero-order valence-corrected chi connectivity index (χ0v) is 9.12. The molecule has 88 valence electrons. The van der Waals surface area contributed by atoms with Gasteiger partial charge >= 0.3 is 5.97 Å². The number of methoxy groups -OCH3 is 2. The summed E-state index contributed by atoms with van der Waals surface area (Å²) in [6.45, 7) is 0. The monoisotopic (exact) mass is 228 g/mol. The van der Waals surface area contributed by atoms with Crippen LogP contribution in [0.5, 0.6) is 11.5 Å². The first-order valence-corrected chi connectivity index (χ1v) is 4.70. The number of carbonyl (C=O) groups is 1. The minimum Gasteiger partial charge on any atom is -0.497 e. The van der Waals surface area contributed by atoms with Gasteiger partial charge in [-0.3, -0.25) is 4.79 Å². The van der Waals surface area contributed by atoms with Crippen molar-refractivity contribution in [2.24, 2.45) is 0 Å². The first-order chi connectivity index (χ1) is 7.58. The van der Waals surface area contributed by atoms with E-state index in [0.717, 1.165) is 0 Å². The van der Waals surface area contributed by atoms with E-state index in [-0.39, 0.29) is 24.2 Å². The molecule has 0 atom stereocenters. The van der Waals surface area contributed by atoms with E-state index in [1.165, 1.54) is 26.4 Å². The predicted octanol–water partition coefficient (Wildman–Crippen LogP) is 1.86. The first kappa shape index (κ1) is 12.3. The lowest BCUT2D eigenvalue weighted by molar-refractivity contribution is -0.136. The van der Waals surface area contributed by atoms with Gasteiger partial charge in [0.25, 0.3) is 0 Å². The highest BCUT2D eigenvalue weighted by atomic mass is 19.1. The molecule has 0 spiro atoms. The fourth-order valence-electron chi connectivity index (χ4n) is 1.32. The molecule has 5 heteroatoms. The predicted molar refractivity (Wildman–Crippen MR) is 55.5 cm³/mol. The van der Waals surface area contributed by atoms with E-state index in [2.05, 4.69) is 0 Å². The molecular formula is C11H13FO4. The van der Waals surface area contributed by atoms with Gasteiger partial charge in [-0.15, -0.1) is 0 Å². The van der Waals surface area contributed by atoms with Gasteiger partial charge in [-0.2, -0.15) is 0 Å². The lowest BCUT2D eigenvalue weighted by atomic mass is 10.1. The summed E-state index contributed by atoms with van der Waals surface area (Å²) in [5.74, 6) is -1.01. The molecule has 0 aliphatic heterocycles. The van der Waals surface area contributed by atoms with Crippen molar-refractivity contribution in [3.05, 3.63) is 23.5 Å². The van der Waals surface area contributed by atoms with Crippen LogP contribution in [0, 0.1) is 5.82 Å². The van der Waals surface area contributed by atoms with Crippen LogP contribution >= 0.6 is 0 Å². The Morgan fingerprint density at radius 1 is 1.38 bits per heavy atom. The summed E-state index contributed by atoms with van der Waals surface area (Å²) < 4.78 is 23.5. The Bertz CT molecular complexity index is 390. The molecule has 0 unspecified atom stereocenters. The number of carboxylic acid groups (broad SMARTS) is 1. The van der Waals surface area contributed by atoms with Crippen LogP contribution in [0.15, 0.2) is 12.1 Å². The smallest absolute Gasteiger partial charge is 0.303 e. The van der Waals surface area contributed by atoms with E-state index in [4.69, 9.17) is 14.6 Å². The van der Waals surface area contributed by atoms with E-state index < -0.39 is 11.8 Å². The molecule has 0 radical (unpaired) electrons. The second-order valence-corrected chi connectivity index (χ2v) is 3.20. The van der Waals surface area contributed by atoms with Crippen molar-refractivity contribution in [2.75, 3.05) is 14.2 Å².